The van der Waals surface area contributed by atoms with Crippen LogP contribution in [0.3, 0.4) is 0 Å². The summed E-state index contributed by atoms with van der Waals surface area (Å²) in [6.07, 6.45) is 0. The first-order valence-corrected chi connectivity index (χ1v) is 2.43. The van der Waals surface area contributed by atoms with E-state index in [9.17, 15) is 4.79 Å². The summed E-state index contributed by atoms with van der Waals surface area (Å²) < 4.78 is 0. The number of alkyl halides is 1. The van der Waals surface area contributed by atoms with E-state index in [2.05, 4.69) is 15.9 Å². The second-order valence-electron chi connectivity index (χ2n) is 0.954. The second-order valence-corrected chi connectivity index (χ2v) is 2.33. The Hall–Kier alpha value is 0.950. The number of aliphatic carboxylic acids is 1. The van der Waals surface area contributed by atoms with Gasteiger partial charge in [0.05, 0.1) is 0 Å². The van der Waals surface area contributed by atoms with Gasteiger partial charge in [0, 0.05) is 29.6 Å². The Labute approximate surface area is 72.7 Å². The summed E-state index contributed by atoms with van der Waals surface area (Å²) in [5.74, 6) is -0.824. The summed E-state index contributed by atoms with van der Waals surface area (Å²) >= 11 is 2.84. The quantitative estimate of drug-likeness (QED) is 0.465. The van der Waals surface area contributed by atoms with Gasteiger partial charge >= 0.3 is 5.97 Å². The number of hydrogen-bond acceptors (Lipinski definition) is 1. The molecular formula is C3H5BrNaO2. The smallest absolute Gasteiger partial charge is 0.316 e. The SMILES string of the molecule is CC(Br)C(=O)O.[Na]. The van der Waals surface area contributed by atoms with Crippen molar-refractivity contribution in [3.63, 3.8) is 0 Å². The molecule has 1 unspecified atom stereocenters. The van der Waals surface area contributed by atoms with Crippen molar-refractivity contribution >= 4 is 51.5 Å². The van der Waals surface area contributed by atoms with Crippen LogP contribution in [0.2, 0.25) is 0 Å². The summed E-state index contributed by atoms with van der Waals surface area (Å²) in [7, 11) is 0. The fraction of sp³-hybridized carbons (Fsp3) is 0.667. The average Bonchev–Trinajstić information content (AvgIpc) is 1.36. The third kappa shape index (κ3) is 6.95. The molecule has 0 fully saturated rings. The molecule has 0 spiro atoms. The van der Waals surface area contributed by atoms with Gasteiger partial charge in [0.25, 0.3) is 0 Å². The maximum atomic E-state index is 9.65. The predicted molar refractivity (Wildman–Crippen MR) is 31.8 cm³/mol. The van der Waals surface area contributed by atoms with Gasteiger partial charge in [0.15, 0.2) is 0 Å². The number of carboxylic acid groups (broad SMARTS) is 1. The summed E-state index contributed by atoms with van der Waals surface area (Å²) in [4.78, 5) is 9.23. The standard InChI is InChI=1S/C3H5BrO2.Na/c1-2(4)3(5)6;/h2H,1H3,(H,5,6);. The third-order valence-corrected chi connectivity index (χ3v) is 0.732. The van der Waals surface area contributed by atoms with Crippen LogP contribution in [-0.4, -0.2) is 45.5 Å². The van der Waals surface area contributed by atoms with E-state index in [1.165, 1.54) is 0 Å². The average molecular weight is 176 g/mol. The van der Waals surface area contributed by atoms with Gasteiger partial charge in [-0.05, 0) is 6.92 Å². The van der Waals surface area contributed by atoms with Crippen LogP contribution >= 0.6 is 15.9 Å². The van der Waals surface area contributed by atoms with Crippen LogP contribution in [0, 0.1) is 0 Å². The first kappa shape index (κ1) is 10.8. The van der Waals surface area contributed by atoms with E-state index < -0.39 is 10.8 Å². The van der Waals surface area contributed by atoms with Crippen LogP contribution in [0.5, 0.6) is 0 Å². The fourth-order valence-corrected chi connectivity index (χ4v) is 0. The number of hydrogen-bond donors (Lipinski definition) is 1. The monoisotopic (exact) mass is 175 g/mol. The zero-order valence-electron chi connectivity index (χ0n) is 4.31. The molecule has 0 saturated carbocycles. The van der Waals surface area contributed by atoms with Gasteiger partial charge in [-0.3, -0.25) is 4.79 Å². The molecule has 2 nitrogen and oxygen atoms in total. The van der Waals surface area contributed by atoms with Crippen LogP contribution in [0.4, 0.5) is 0 Å². The summed E-state index contributed by atoms with van der Waals surface area (Å²) in [6, 6.07) is 0. The van der Waals surface area contributed by atoms with Crippen molar-refractivity contribution in [2.75, 3.05) is 0 Å². The molecule has 0 saturated heterocycles. The van der Waals surface area contributed by atoms with Crippen molar-refractivity contribution in [3.05, 3.63) is 0 Å². The molecule has 0 amide bonds. The summed E-state index contributed by atoms with van der Waals surface area (Å²) in [5.41, 5.74) is 0. The second kappa shape index (κ2) is 5.09. The Kier molecular flexibility index (Phi) is 7.89. The van der Waals surface area contributed by atoms with Gasteiger partial charge in [-0.15, -0.1) is 0 Å². The Morgan fingerprint density at radius 3 is 2.00 bits per heavy atom. The van der Waals surface area contributed by atoms with Gasteiger partial charge in [0.1, 0.15) is 4.83 Å². The summed E-state index contributed by atoms with van der Waals surface area (Å²) in [6.45, 7) is 1.56. The van der Waals surface area contributed by atoms with Crippen LogP contribution in [0.15, 0.2) is 0 Å². The molecule has 0 heterocycles. The molecule has 0 bridgehead atoms. The zero-order valence-corrected chi connectivity index (χ0v) is 7.90. The largest absolute Gasteiger partial charge is 0.480 e. The molecule has 0 aromatic heterocycles. The number of halogens is 1. The predicted octanol–water partition coefficient (Wildman–Crippen LogP) is 0.474. The van der Waals surface area contributed by atoms with E-state index in [0.717, 1.165) is 0 Å². The van der Waals surface area contributed by atoms with Crippen molar-refractivity contribution in [1.82, 2.24) is 0 Å². The van der Waals surface area contributed by atoms with Crippen LogP contribution in [-0.2, 0) is 4.79 Å². The van der Waals surface area contributed by atoms with Gasteiger partial charge in [0.2, 0.25) is 0 Å². The molecule has 0 rings (SSSR count). The fourth-order valence-electron chi connectivity index (χ4n) is 0. The van der Waals surface area contributed by atoms with E-state index in [-0.39, 0.29) is 29.6 Å². The molecule has 1 radical (unpaired) electrons. The molecule has 0 aromatic carbocycles. The molecule has 4 heteroatoms. The molecule has 7 heavy (non-hydrogen) atoms. The number of carboxylic acids is 1. The van der Waals surface area contributed by atoms with Crippen molar-refractivity contribution < 1.29 is 9.90 Å². The normalized spacial score (nSPS) is 11.7. The first-order valence-electron chi connectivity index (χ1n) is 1.51. The van der Waals surface area contributed by atoms with Crippen molar-refractivity contribution in [2.24, 2.45) is 0 Å². The minimum absolute atomic E-state index is 0. The number of carbonyl (C=O) groups is 1. The molecule has 0 aliphatic carbocycles. The van der Waals surface area contributed by atoms with Crippen molar-refractivity contribution in [2.45, 2.75) is 11.8 Å². The topological polar surface area (TPSA) is 37.3 Å². The van der Waals surface area contributed by atoms with Gasteiger partial charge < -0.3 is 5.11 Å². The Morgan fingerprint density at radius 2 is 2.00 bits per heavy atom. The maximum Gasteiger partial charge on any atom is 0.316 e. The van der Waals surface area contributed by atoms with Gasteiger partial charge in [-0.25, -0.2) is 0 Å². The molecule has 0 aromatic rings. The molecule has 1 atom stereocenters. The van der Waals surface area contributed by atoms with E-state index in [4.69, 9.17) is 5.11 Å². The van der Waals surface area contributed by atoms with Gasteiger partial charge in [-0.1, -0.05) is 15.9 Å². The van der Waals surface area contributed by atoms with Crippen molar-refractivity contribution in [3.8, 4) is 0 Å². The van der Waals surface area contributed by atoms with E-state index in [0.29, 0.717) is 0 Å². The van der Waals surface area contributed by atoms with E-state index in [1.807, 2.05) is 0 Å². The van der Waals surface area contributed by atoms with E-state index >= 15 is 0 Å². The Balaban J connectivity index is 0. The molecule has 37 valence electrons. The van der Waals surface area contributed by atoms with Crippen LogP contribution in [0.1, 0.15) is 6.92 Å². The van der Waals surface area contributed by atoms with Crippen LogP contribution in [0.25, 0.3) is 0 Å². The third-order valence-electron chi connectivity index (χ3n) is 0.340. The van der Waals surface area contributed by atoms with Gasteiger partial charge in [-0.2, -0.15) is 0 Å². The van der Waals surface area contributed by atoms with Crippen LogP contribution < -0.4 is 0 Å². The maximum absolute atomic E-state index is 9.65. The minimum Gasteiger partial charge on any atom is -0.480 e. The van der Waals surface area contributed by atoms with Crippen molar-refractivity contribution in [1.29, 1.82) is 0 Å². The first-order chi connectivity index (χ1) is 2.64. The Bertz CT molecular complexity index is 64.0. The Morgan fingerprint density at radius 1 is 1.86 bits per heavy atom. The molecule has 0 aliphatic rings. The van der Waals surface area contributed by atoms with E-state index in [1.54, 1.807) is 6.92 Å². The number of rotatable bonds is 1. The molecular weight excluding hydrogens is 171 g/mol. The summed E-state index contributed by atoms with van der Waals surface area (Å²) in [5, 5.41) is 7.94. The molecule has 0 aliphatic heterocycles. The minimum atomic E-state index is -0.824. The zero-order chi connectivity index (χ0) is 5.15. The molecule has 1 N–H and O–H groups in total.